The number of carbonyl (C=O) groups excluding carboxylic acids is 2. The summed E-state index contributed by atoms with van der Waals surface area (Å²) in [6.07, 6.45) is -0.836. The lowest BCUT2D eigenvalue weighted by atomic mass is 9.90. The number of esters is 1. The van der Waals surface area contributed by atoms with E-state index in [1.54, 1.807) is 6.07 Å². The van der Waals surface area contributed by atoms with Crippen molar-refractivity contribution in [3.8, 4) is 0 Å². The van der Waals surface area contributed by atoms with Crippen LogP contribution in [0.25, 0.3) is 0 Å². The first-order valence-corrected chi connectivity index (χ1v) is 15.8. The fraction of sp³-hybridized carbons (Fsp3) is 0.316. The van der Waals surface area contributed by atoms with E-state index in [9.17, 15) is 14.7 Å². The van der Waals surface area contributed by atoms with Crippen LogP contribution in [0.1, 0.15) is 47.1 Å². The van der Waals surface area contributed by atoms with Crippen LogP contribution in [0.3, 0.4) is 0 Å². The number of rotatable bonds is 12. The Bertz CT molecular complexity index is 1580. The Labute approximate surface area is 276 Å². The van der Waals surface area contributed by atoms with E-state index in [1.165, 1.54) is 12.7 Å². The highest BCUT2D eigenvalue weighted by atomic mass is 16.7. The van der Waals surface area contributed by atoms with Crippen LogP contribution in [-0.2, 0) is 38.6 Å². The molecule has 1 aliphatic rings. The van der Waals surface area contributed by atoms with Gasteiger partial charge in [-0.3, -0.25) is 4.90 Å². The van der Waals surface area contributed by atoms with E-state index in [0.717, 1.165) is 28.8 Å². The first-order valence-electron chi connectivity index (χ1n) is 15.8. The van der Waals surface area contributed by atoms with Crippen molar-refractivity contribution >= 4 is 17.7 Å². The molecule has 9 nitrogen and oxygen atoms in total. The number of hydrogen-bond donors (Lipinski definition) is 3. The third-order valence-electron chi connectivity index (χ3n) is 8.40. The summed E-state index contributed by atoms with van der Waals surface area (Å²) in [5, 5.41) is 15.2. The normalized spacial score (nSPS) is 19.9. The maximum Gasteiger partial charge on any atom is 0.328 e. The number of aliphatic hydroxyl groups excluding tert-OH is 1. The molecule has 246 valence electrons. The van der Waals surface area contributed by atoms with Gasteiger partial charge in [0.2, 0.25) is 0 Å². The van der Waals surface area contributed by atoms with Crippen molar-refractivity contribution in [1.82, 2.24) is 10.2 Å². The number of anilines is 1. The zero-order chi connectivity index (χ0) is 33.2. The van der Waals surface area contributed by atoms with Crippen LogP contribution < -0.4 is 10.6 Å². The molecule has 9 heteroatoms. The zero-order valence-electron chi connectivity index (χ0n) is 27.0. The number of aliphatic hydroxyl groups is 1. The minimum absolute atomic E-state index is 0.0244. The molecule has 1 heterocycles. The molecule has 4 aromatic carbocycles. The average Bonchev–Trinajstić information content (AvgIpc) is 3.09. The predicted molar refractivity (Wildman–Crippen MR) is 180 cm³/mol. The molecule has 0 spiro atoms. The Kier molecular flexibility index (Phi) is 11.8. The van der Waals surface area contributed by atoms with Crippen LogP contribution in [0.2, 0.25) is 0 Å². The molecule has 2 amide bonds. The summed E-state index contributed by atoms with van der Waals surface area (Å²) in [5.41, 5.74) is 5.22. The van der Waals surface area contributed by atoms with E-state index >= 15 is 0 Å². The lowest BCUT2D eigenvalue weighted by Crippen LogP contribution is -2.45. The monoisotopic (exact) mass is 637 g/mol. The van der Waals surface area contributed by atoms with Gasteiger partial charge in [0.1, 0.15) is 6.04 Å². The molecular weight excluding hydrogens is 594 g/mol. The lowest BCUT2D eigenvalue weighted by Gasteiger charge is -2.42. The number of benzene rings is 4. The van der Waals surface area contributed by atoms with Gasteiger partial charge in [0, 0.05) is 36.7 Å². The highest BCUT2D eigenvalue weighted by Crippen LogP contribution is 2.42. The van der Waals surface area contributed by atoms with E-state index in [1.807, 2.05) is 91.0 Å². The van der Waals surface area contributed by atoms with Gasteiger partial charge < -0.3 is 30.0 Å². The summed E-state index contributed by atoms with van der Waals surface area (Å²) in [6, 6.07) is 33.5. The van der Waals surface area contributed by atoms with Gasteiger partial charge in [-0.2, -0.15) is 0 Å². The van der Waals surface area contributed by atoms with Crippen LogP contribution in [0.5, 0.6) is 0 Å². The second kappa shape index (κ2) is 16.3. The van der Waals surface area contributed by atoms with Gasteiger partial charge in [-0.05, 0) is 41.4 Å². The minimum Gasteiger partial charge on any atom is -0.467 e. The Morgan fingerprint density at radius 2 is 1.53 bits per heavy atom. The summed E-state index contributed by atoms with van der Waals surface area (Å²) in [7, 11) is 3.39. The summed E-state index contributed by atoms with van der Waals surface area (Å²) in [5.74, 6) is -0.506. The van der Waals surface area contributed by atoms with Crippen molar-refractivity contribution in [2.24, 2.45) is 5.92 Å². The Balaban J connectivity index is 1.32. The van der Waals surface area contributed by atoms with Crippen molar-refractivity contribution in [2.45, 2.75) is 51.0 Å². The third-order valence-corrected chi connectivity index (χ3v) is 8.40. The summed E-state index contributed by atoms with van der Waals surface area (Å²) < 4.78 is 18.2. The van der Waals surface area contributed by atoms with Gasteiger partial charge in [-0.1, -0.05) is 104 Å². The van der Waals surface area contributed by atoms with E-state index < -0.39 is 24.3 Å². The molecular formula is C38H43N3O6. The lowest BCUT2D eigenvalue weighted by molar-refractivity contribution is -0.276. The van der Waals surface area contributed by atoms with Gasteiger partial charge in [0.15, 0.2) is 6.29 Å². The Hall–Kier alpha value is -4.54. The summed E-state index contributed by atoms with van der Waals surface area (Å²) >= 11 is 0. The number of nitrogens with one attached hydrogen (secondary N) is 2. The topological polar surface area (TPSA) is 109 Å². The smallest absolute Gasteiger partial charge is 0.328 e. The number of methoxy groups -OCH3 is 1. The molecule has 1 saturated heterocycles. The molecule has 0 unspecified atom stereocenters. The molecule has 47 heavy (non-hydrogen) atoms. The van der Waals surface area contributed by atoms with Crippen LogP contribution in [0, 0.1) is 5.92 Å². The quantitative estimate of drug-likeness (QED) is 0.163. The number of hydrogen-bond acceptors (Lipinski definition) is 7. The molecule has 1 aliphatic heterocycles. The first-order chi connectivity index (χ1) is 22.8. The van der Waals surface area contributed by atoms with Crippen molar-refractivity contribution in [3.63, 3.8) is 0 Å². The van der Waals surface area contributed by atoms with Crippen LogP contribution in [0.4, 0.5) is 10.5 Å². The van der Waals surface area contributed by atoms with E-state index in [4.69, 9.17) is 14.2 Å². The van der Waals surface area contributed by atoms with Gasteiger partial charge >= 0.3 is 12.0 Å². The fourth-order valence-corrected chi connectivity index (χ4v) is 5.87. The molecule has 4 aromatic rings. The summed E-state index contributed by atoms with van der Waals surface area (Å²) in [6.45, 7) is 3.56. The standard InChI is InChI=1S/C38H43N3O6/c1-26-34(24-41(2)23-28-13-8-5-9-14-28)46-37(47-35(26)30-19-17-29(25-42)18-20-30)31-15-10-16-32(22-31)39-38(44)40-33(36(43)45-3)21-27-11-6-4-7-12-27/h4-20,22,26,33-35,37,42H,21,23-25H2,1-3H3,(H2,39,40,44)/t26-,33+,34+,35+,37+/m1/s1. The molecule has 5 rings (SSSR count). The number of amides is 2. The average molecular weight is 638 g/mol. The second-order valence-electron chi connectivity index (χ2n) is 12.0. The molecule has 1 fully saturated rings. The second-order valence-corrected chi connectivity index (χ2v) is 12.0. The highest BCUT2D eigenvalue weighted by Gasteiger charge is 2.39. The molecule has 3 N–H and O–H groups in total. The van der Waals surface area contributed by atoms with Crippen LogP contribution in [-0.4, -0.2) is 54.9 Å². The molecule has 0 radical (unpaired) electrons. The maximum absolute atomic E-state index is 13.1. The Morgan fingerprint density at radius 3 is 2.19 bits per heavy atom. The van der Waals surface area contributed by atoms with Crippen molar-refractivity contribution in [3.05, 3.63) is 137 Å². The van der Waals surface area contributed by atoms with Gasteiger partial charge in [-0.15, -0.1) is 0 Å². The van der Waals surface area contributed by atoms with Crippen molar-refractivity contribution in [2.75, 3.05) is 26.0 Å². The highest BCUT2D eigenvalue weighted by molar-refractivity contribution is 5.92. The van der Waals surface area contributed by atoms with E-state index in [2.05, 4.69) is 41.6 Å². The van der Waals surface area contributed by atoms with Gasteiger partial charge in [-0.25, -0.2) is 9.59 Å². The van der Waals surface area contributed by atoms with Crippen LogP contribution in [0.15, 0.2) is 109 Å². The largest absolute Gasteiger partial charge is 0.467 e. The van der Waals surface area contributed by atoms with Crippen molar-refractivity contribution in [1.29, 1.82) is 0 Å². The molecule has 0 aliphatic carbocycles. The molecule has 0 saturated carbocycles. The number of urea groups is 1. The van der Waals surface area contributed by atoms with Crippen molar-refractivity contribution < 1.29 is 28.9 Å². The van der Waals surface area contributed by atoms with Crippen LogP contribution >= 0.6 is 0 Å². The Morgan fingerprint density at radius 1 is 0.851 bits per heavy atom. The number of ether oxygens (including phenoxy) is 3. The number of carbonyl (C=O) groups is 2. The SMILES string of the molecule is COC(=O)[C@H](Cc1ccccc1)NC(=O)Nc1cccc([C@H]2O[C@@H](CN(C)Cc3ccccc3)[C@@H](C)[C@@H](c3ccc(CO)cc3)O2)c1. The fourth-order valence-electron chi connectivity index (χ4n) is 5.87. The van der Waals surface area contributed by atoms with E-state index in [0.29, 0.717) is 18.7 Å². The number of nitrogens with zero attached hydrogens (tertiary/aromatic N) is 1. The molecule has 0 aromatic heterocycles. The minimum atomic E-state index is -0.858. The maximum atomic E-state index is 13.1. The van der Waals surface area contributed by atoms with Gasteiger partial charge in [0.05, 0.1) is 25.9 Å². The van der Waals surface area contributed by atoms with Gasteiger partial charge in [0.25, 0.3) is 0 Å². The zero-order valence-corrected chi connectivity index (χ0v) is 27.0. The number of likely N-dealkylation sites (N-methyl/N-ethyl adjacent to an activating group) is 1. The molecule has 0 bridgehead atoms. The first kappa shape index (κ1) is 33.8. The molecule has 5 atom stereocenters. The predicted octanol–water partition coefficient (Wildman–Crippen LogP) is 6.01. The van der Waals surface area contributed by atoms with E-state index in [-0.39, 0.29) is 24.7 Å². The third kappa shape index (κ3) is 9.27. The summed E-state index contributed by atoms with van der Waals surface area (Å²) in [4.78, 5) is 27.8.